The van der Waals surface area contributed by atoms with Gasteiger partial charge in [0.05, 0.1) is 38.0 Å². The van der Waals surface area contributed by atoms with Gasteiger partial charge in [0.15, 0.2) is 23.8 Å². The number of aliphatic hydroxyl groups is 4. The number of aliphatic imine (C=N–C) groups is 1. The predicted molar refractivity (Wildman–Crippen MR) is 212 cm³/mol. The van der Waals surface area contributed by atoms with E-state index < -0.39 is 72.8 Å². The van der Waals surface area contributed by atoms with Crippen molar-refractivity contribution in [1.29, 1.82) is 0 Å². The van der Waals surface area contributed by atoms with Crippen molar-refractivity contribution < 1.29 is 63.7 Å². The molecule has 0 saturated carbocycles. The lowest BCUT2D eigenvalue weighted by Gasteiger charge is -2.41. The highest BCUT2D eigenvalue weighted by molar-refractivity contribution is 6.31. The Kier molecular flexibility index (Phi) is 13.0. The highest BCUT2D eigenvalue weighted by atomic mass is 16.7. The largest absolute Gasteiger partial charge is 0.507 e. The fraction of sp³-hybridized carbons (Fsp3) is 0.279. The van der Waals surface area contributed by atoms with Crippen molar-refractivity contribution in [3.63, 3.8) is 0 Å². The minimum Gasteiger partial charge on any atom is -0.507 e. The first-order valence-corrected chi connectivity index (χ1v) is 18.5. The average molecular weight is 810 g/mol. The maximum Gasteiger partial charge on any atom is 0.308 e. The highest BCUT2D eigenvalue weighted by Gasteiger charge is 2.46. The van der Waals surface area contributed by atoms with Crippen LogP contribution in [0.3, 0.4) is 0 Å². The maximum absolute atomic E-state index is 14.9. The second-order valence-corrected chi connectivity index (χ2v) is 13.9. The van der Waals surface area contributed by atoms with Gasteiger partial charge in [-0.05, 0) is 47.4 Å². The average Bonchev–Trinajstić information content (AvgIpc) is 3.21. The van der Waals surface area contributed by atoms with Crippen molar-refractivity contribution >= 4 is 41.9 Å². The lowest BCUT2D eigenvalue weighted by atomic mass is 9.77. The summed E-state index contributed by atoms with van der Waals surface area (Å²) >= 11 is 0. The summed E-state index contributed by atoms with van der Waals surface area (Å²) in [5.74, 6) is -3.68. The first kappa shape index (κ1) is 42.3. The molecule has 1 aliphatic carbocycles. The molecule has 9 N–H and O–H groups in total. The number of hydrogen-bond acceptors (Lipinski definition) is 14. The number of carbonyl (C=O) groups is 4. The van der Waals surface area contributed by atoms with Crippen LogP contribution in [0.15, 0.2) is 65.7 Å². The van der Waals surface area contributed by atoms with Gasteiger partial charge in [-0.3, -0.25) is 24.2 Å². The van der Waals surface area contributed by atoms with Gasteiger partial charge in [0.1, 0.15) is 35.6 Å². The Morgan fingerprint density at radius 1 is 0.864 bits per heavy atom. The monoisotopic (exact) mass is 809 g/mol. The Morgan fingerprint density at radius 3 is 2.24 bits per heavy atom. The molecule has 1 heterocycles. The third-order valence-corrected chi connectivity index (χ3v) is 10.0. The van der Waals surface area contributed by atoms with E-state index in [-0.39, 0.29) is 81.5 Å². The summed E-state index contributed by atoms with van der Waals surface area (Å²) in [4.78, 5) is 58.0. The number of ketones is 2. The fourth-order valence-corrected chi connectivity index (χ4v) is 7.19. The van der Waals surface area contributed by atoms with Crippen LogP contribution in [0.4, 0.5) is 0 Å². The van der Waals surface area contributed by atoms with E-state index in [1.54, 1.807) is 42.5 Å². The number of esters is 1. The molecular formula is C43H43N3O13. The van der Waals surface area contributed by atoms with E-state index in [1.807, 2.05) is 6.07 Å². The van der Waals surface area contributed by atoms with Crippen molar-refractivity contribution in [2.45, 2.75) is 64.2 Å². The molecule has 308 valence electrons. The number of ether oxygens (including phenoxy) is 4. The van der Waals surface area contributed by atoms with E-state index in [0.29, 0.717) is 17.4 Å². The number of nitrogens with two attached hydrogens (primary N) is 2. The third kappa shape index (κ3) is 8.63. The Morgan fingerprint density at radius 2 is 1.58 bits per heavy atom. The minimum absolute atomic E-state index is 0.0350. The molecule has 1 saturated heterocycles. The summed E-state index contributed by atoms with van der Waals surface area (Å²) in [6.07, 6.45) is -3.56. The van der Waals surface area contributed by atoms with Crippen LogP contribution in [0.25, 0.3) is 12.2 Å². The predicted octanol–water partition coefficient (Wildman–Crippen LogP) is 2.16. The number of hydrogen-bond donors (Lipinski definition) is 7. The molecule has 1 aliphatic heterocycles. The standard InChI is InChI=1S/C43H43N3O13/c1-21-36(51)40(55)41(56-14-13-46-43(44)45)42(57-21)59-32-17-29-35(37(52)28(32)15-24-9-6-10-25(18-47)30(24)20-49)39(54)33-26(19-48)16-31(58-22(2)50)27(34(33)38(29)53)12-11-23-7-4-3-5-8-23/h3-12,16-17,20-21,36,40-42,47-48,51-52,55H,13-15,18-19H2,1-2H3,(H4,44,45,46)/t21-,36-,40-,41-,42-/m1/s1. The molecular weight excluding hydrogens is 766 g/mol. The van der Waals surface area contributed by atoms with Crippen LogP contribution in [0, 0.1) is 0 Å². The SMILES string of the molecule is CC(=O)Oc1cc(CO)c2c(c1C=Cc1ccccc1)C(=O)c1cc(O[C@H]3O[C@H](C)[C@@H](O)[C@@H](O)[C@H]3OCCN=C(N)N)c(Cc3cccc(CO)c3C=O)c(O)c1C2=O. The van der Waals surface area contributed by atoms with E-state index >= 15 is 0 Å². The van der Waals surface area contributed by atoms with Gasteiger partial charge in [0.25, 0.3) is 0 Å². The number of aliphatic hydroxyl groups excluding tert-OH is 4. The van der Waals surface area contributed by atoms with Gasteiger partial charge >= 0.3 is 5.97 Å². The van der Waals surface area contributed by atoms with Crippen LogP contribution in [-0.2, 0) is 33.9 Å². The molecule has 0 unspecified atom stereocenters. The van der Waals surface area contributed by atoms with Gasteiger partial charge in [-0.2, -0.15) is 0 Å². The molecule has 16 heteroatoms. The van der Waals surface area contributed by atoms with E-state index in [4.69, 9.17) is 30.4 Å². The zero-order valence-corrected chi connectivity index (χ0v) is 32.0. The number of carbonyl (C=O) groups excluding carboxylic acids is 4. The third-order valence-electron chi connectivity index (χ3n) is 10.0. The number of guanidine groups is 1. The fourth-order valence-electron chi connectivity index (χ4n) is 7.19. The quantitative estimate of drug-likeness (QED) is 0.0161. The normalized spacial score (nSPS) is 19.9. The topological polar surface area (TPSA) is 271 Å². The molecule has 4 aromatic carbocycles. The summed E-state index contributed by atoms with van der Waals surface area (Å²) in [6, 6.07) is 16.1. The van der Waals surface area contributed by atoms with E-state index in [2.05, 4.69) is 4.99 Å². The van der Waals surface area contributed by atoms with Crippen LogP contribution in [0.1, 0.15) is 89.4 Å². The van der Waals surface area contributed by atoms with Gasteiger partial charge in [0.2, 0.25) is 6.29 Å². The molecule has 0 radical (unpaired) electrons. The number of aldehydes is 1. The van der Waals surface area contributed by atoms with Crippen molar-refractivity contribution in [3.8, 4) is 17.2 Å². The second kappa shape index (κ2) is 18.1. The summed E-state index contributed by atoms with van der Waals surface area (Å²) in [6.45, 7) is 1.19. The first-order chi connectivity index (χ1) is 28.3. The molecule has 0 aromatic heterocycles. The number of phenols is 1. The number of phenolic OH excluding ortho intramolecular Hbond substituents is 1. The number of rotatable bonds is 14. The molecule has 1 fully saturated rings. The molecule has 2 aliphatic rings. The number of aromatic hydroxyl groups is 1. The van der Waals surface area contributed by atoms with Gasteiger partial charge < -0.3 is 55.9 Å². The Balaban J connectivity index is 1.56. The van der Waals surface area contributed by atoms with E-state index in [1.165, 1.54) is 31.2 Å². The summed E-state index contributed by atoms with van der Waals surface area (Å²) in [5, 5.41) is 54.5. The molecule has 5 atom stereocenters. The van der Waals surface area contributed by atoms with Crippen molar-refractivity contribution in [3.05, 3.63) is 122 Å². The van der Waals surface area contributed by atoms with E-state index in [9.17, 15) is 44.7 Å². The van der Waals surface area contributed by atoms with Gasteiger partial charge in [-0.25, -0.2) is 0 Å². The molecule has 16 nitrogen and oxygen atoms in total. The van der Waals surface area contributed by atoms with Crippen molar-refractivity contribution in [2.75, 3.05) is 13.2 Å². The lowest BCUT2D eigenvalue weighted by Crippen LogP contribution is -2.59. The first-order valence-electron chi connectivity index (χ1n) is 18.5. The summed E-state index contributed by atoms with van der Waals surface area (Å²) < 4.78 is 23.7. The van der Waals surface area contributed by atoms with Gasteiger partial charge in [-0.1, -0.05) is 54.6 Å². The van der Waals surface area contributed by atoms with Gasteiger partial charge in [0, 0.05) is 46.7 Å². The molecule has 0 spiro atoms. The van der Waals surface area contributed by atoms with Crippen LogP contribution < -0.4 is 20.9 Å². The maximum atomic E-state index is 14.9. The number of benzene rings is 4. The molecule has 0 amide bonds. The zero-order chi connectivity index (χ0) is 42.5. The van der Waals surface area contributed by atoms with Crippen molar-refractivity contribution in [2.24, 2.45) is 16.5 Å². The molecule has 59 heavy (non-hydrogen) atoms. The number of nitrogens with zero attached hydrogens (tertiary/aromatic N) is 1. The van der Waals surface area contributed by atoms with Crippen LogP contribution >= 0.6 is 0 Å². The smallest absolute Gasteiger partial charge is 0.308 e. The Labute approximate surface area is 337 Å². The molecule has 4 aromatic rings. The lowest BCUT2D eigenvalue weighted by molar-refractivity contribution is -0.278. The minimum atomic E-state index is -1.58. The van der Waals surface area contributed by atoms with Crippen molar-refractivity contribution in [1.82, 2.24) is 0 Å². The summed E-state index contributed by atoms with van der Waals surface area (Å²) in [5.41, 5.74) is 10.9. The number of fused-ring (bicyclic) bond motifs is 2. The Hall–Kier alpha value is -6.27. The Bertz CT molecular complexity index is 2340. The molecule has 6 rings (SSSR count). The van der Waals surface area contributed by atoms with Crippen LogP contribution in [0.5, 0.6) is 17.2 Å². The van der Waals surface area contributed by atoms with Crippen LogP contribution in [0.2, 0.25) is 0 Å². The second-order valence-electron chi connectivity index (χ2n) is 13.9. The van der Waals surface area contributed by atoms with Crippen LogP contribution in [-0.4, -0.2) is 99.2 Å². The van der Waals surface area contributed by atoms with E-state index in [0.717, 1.165) is 6.92 Å². The van der Waals surface area contributed by atoms with Gasteiger partial charge in [-0.15, -0.1) is 0 Å². The highest BCUT2D eigenvalue weighted by Crippen LogP contribution is 2.45. The molecule has 0 bridgehead atoms. The zero-order valence-electron chi connectivity index (χ0n) is 32.0. The summed E-state index contributed by atoms with van der Waals surface area (Å²) in [7, 11) is 0.